The van der Waals surface area contributed by atoms with Crippen molar-refractivity contribution in [3.63, 3.8) is 0 Å². The molecule has 10 nitrogen and oxygen atoms in total. The first-order chi connectivity index (χ1) is 13.3. The van der Waals surface area contributed by atoms with E-state index in [-0.39, 0.29) is 25.0 Å². The fraction of sp³-hybridized carbons (Fsp3) is 0.789. The van der Waals surface area contributed by atoms with Crippen molar-refractivity contribution in [3.05, 3.63) is 0 Å². The van der Waals surface area contributed by atoms with Crippen molar-refractivity contribution in [2.75, 3.05) is 13.2 Å². The molecule has 0 heterocycles. The molecule has 0 spiro atoms. The Hall–Kier alpha value is -2.52. The molecule has 0 fully saturated rings. The minimum atomic E-state index is -1.15. The molecule has 0 bridgehead atoms. The summed E-state index contributed by atoms with van der Waals surface area (Å²) < 4.78 is 10.0. The summed E-state index contributed by atoms with van der Waals surface area (Å²) in [6.45, 7) is 12.1. The zero-order chi connectivity index (χ0) is 22.8. The molecular formula is C19H35N3O7. The average Bonchev–Trinajstić information content (AvgIpc) is 2.58. The number of ether oxygens (including phenoxy) is 2. The van der Waals surface area contributed by atoms with Crippen LogP contribution < -0.4 is 16.0 Å². The van der Waals surface area contributed by atoms with E-state index in [0.29, 0.717) is 6.42 Å². The van der Waals surface area contributed by atoms with E-state index in [1.807, 2.05) is 6.92 Å². The van der Waals surface area contributed by atoms with Crippen molar-refractivity contribution in [2.24, 2.45) is 11.8 Å². The molecule has 0 unspecified atom stereocenters. The first-order valence-electron chi connectivity index (χ1n) is 9.71. The second kappa shape index (κ2) is 12.1. The van der Waals surface area contributed by atoms with Crippen molar-refractivity contribution in [3.8, 4) is 0 Å². The molecule has 0 saturated carbocycles. The van der Waals surface area contributed by atoms with Crippen molar-refractivity contribution in [2.45, 2.75) is 72.6 Å². The van der Waals surface area contributed by atoms with Crippen LogP contribution in [-0.2, 0) is 19.1 Å². The Morgan fingerprint density at radius 2 is 1.55 bits per heavy atom. The number of carbonyl (C=O) groups is 4. The van der Waals surface area contributed by atoms with Crippen LogP contribution in [-0.4, -0.2) is 60.0 Å². The molecular weight excluding hydrogens is 382 g/mol. The number of carbonyl (C=O) groups excluding carboxylic acids is 3. The van der Waals surface area contributed by atoms with Gasteiger partial charge in [-0.1, -0.05) is 34.1 Å². The highest BCUT2D eigenvalue weighted by Gasteiger charge is 2.31. The topological polar surface area (TPSA) is 143 Å². The van der Waals surface area contributed by atoms with Gasteiger partial charge < -0.3 is 30.5 Å². The minimum Gasteiger partial charge on any atom is -0.480 e. The van der Waals surface area contributed by atoms with Crippen LogP contribution in [0.3, 0.4) is 0 Å². The highest BCUT2D eigenvalue weighted by Crippen LogP contribution is 2.10. The Kier molecular flexibility index (Phi) is 11.1. The molecule has 168 valence electrons. The van der Waals surface area contributed by atoms with E-state index in [1.54, 1.807) is 41.5 Å². The fourth-order valence-corrected chi connectivity index (χ4v) is 2.24. The Morgan fingerprint density at radius 3 is 2.00 bits per heavy atom. The molecule has 0 saturated heterocycles. The SMILES string of the molecule is CC[C@H](C)[C@H](NC(=O)OCCNC(=O)OC(C)(C)C)C(=O)N[C@H](C(=O)O)C(C)C. The van der Waals surface area contributed by atoms with Gasteiger partial charge in [-0.25, -0.2) is 14.4 Å². The number of hydrogen-bond acceptors (Lipinski definition) is 6. The van der Waals surface area contributed by atoms with Crippen molar-refractivity contribution in [1.29, 1.82) is 0 Å². The fourth-order valence-electron chi connectivity index (χ4n) is 2.24. The standard InChI is InChI=1S/C19H35N3O7/c1-8-12(4)14(15(23)21-13(11(2)3)16(24)25)22-18(27)28-10-9-20-17(26)29-19(5,6)7/h11-14H,8-10H2,1-7H3,(H,20,26)(H,21,23)(H,22,27)(H,24,25)/t12-,13-,14-/m0/s1. The maximum absolute atomic E-state index is 12.5. The summed E-state index contributed by atoms with van der Waals surface area (Å²) in [7, 11) is 0. The van der Waals surface area contributed by atoms with Gasteiger partial charge in [-0.3, -0.25) is 4.79 Å². The first kappa shape index (κ1) is 26.5. The molecule has 3 amide bonds. The van der Waals surface area contributed by atoms with Crippen molar-refractivity contribution >= 4 is 24.1 Å². The van der Waals surface area contributed by atoms with Gasteiger partial charge in [0.15, 0.2) is 0 Å². The van der Waals surface area contributed by atoms with E-state index in [2.05, 4.69) is 16.0 Å². The number of carboxylic acids is 1. The Morgan fingerprint density at radius 1 is 0.966 bits per heavy atom. The van der Waals surface area contributed by atoms with E-state index >= 15 is 0 Å². The molecule has 0 aromatic heterocycles. The normalized spacial score (nSPS) is 14.3. The van der Waals surface area contributed by atoms with Gasteiger partial charge in [-0.05, 0) is 32.6 Å². The second-order valence-corrected chi connectivity index (χ2v) is 8.14. The molecule has 0 aromatic rings. The number of aliphatic carboxylic acids is 1. The van der Waals surface area contributed by atoms with Crippen LogP contribution in [0.2, 0.25) is 0 Å². The predicted octanol–water partition coefficient (Wildman–Crippen LogP) is 1.88. The lowest BCUT2D eigenvalue weighted by molar-refractivity contribution is -0.143. The molecule has 0 rings (SSSR count). The van der Waals surface area contributed by atoms with Crippen LogP contribution in [0.4, 0.5) is 9.59 Å². The number of carboxylic acid groups (broad SMARTS) is 1. The molecule has 0 aliphatic heterocycles. The van der Waals surface area contributed by atoms with Gasteiger partial charge in [-0.15, -0.1) is 0 Å². The summed E-state index contributed by atoms with van der Waals surface area (Å²) in [5.41, 5.74) is -0.636. The largest absolute Gasteiger partial charge is 0.480 e. The lowest BCUT2D eigenvalue weighted by Gasteiger charge is -2.26. The monoisotopic (exact) mass is 417 g/mol. The average molecular weight is 418 g/mol. The zero-order valence-electron chi connectivity index (χ0n) is 18.3. The number of alkyl carbamates (subject to hydrolysis) is 2. The Bertz CT molecular complexity index is 573. The molecule has 0 aliphatic rings. The highest BCUT2D eigenvalue weighted by molar-refractivity contribution is 5.89. The summed E-state index contributed by atoms with van der Waals surface area (Å²) in [6, 6.07) is -2.02. The Labute approximate surface area is 172 Å². The van der Waals surface area contributed by atoms with Gasteiger partial charge in [0, 0.05) is 0 Å². The molecule has 10 heteroatoms. The predicted molar refractivity (Wildman–Crippen MR) is 106 cm³/mol. The molecule has 0 aromatic carbocycles. The molecule has 3 atom stereocenters. The number of hydrogen-bond donors (Lipinski definition) is 4. The lowest BCUT2D eigenvalue weighted by atomic mass is 9.97. The maximum atomic E-state index is 12.5. The van der Waals surface area contributed by atoms with Crippen molar-refractivity contribution in [1.82, 2.24) is 16.0 Å². The molecule has 0 radical (unpaired) electrons. The van der Waals surface area contributed by atoms with Gasteiger partial charge in [0.25, 0.3) is 0 Å². The van der Waals surface area contributed by atoms with Gasteiger partial charge in [-0.2, -0.15) is 0 Å². The molecule has 4 N–H and O–H groups in total. The third-order valence-electron chi connectivity index (χ3n) is 4.00. The molecule has 0 aliphatic carbocycles. The third kappa shape index (κ3) is 11.2. The number of amides is 3. The second-order valence-electron chi connectivity index (χ2n) is 8.14. The minimum absolute atomic E-state index is 0.0387. The van der Waals surface area contributed by atoms with Gasteiger partial charge in [0.1, 0.15) is 24.3 Å². The summed E-state index contributed by atoms with van der Waals surface area (Å²) in [6.07, 6.45) is -0.891. The summed E-state index contributed by atoms with van der Waals surface area (Å²) in [4.78, 5) is 47.4. The maximum Gasteiger partial charge on any atom is 0.407 e. The quantitative estimate of drug-likeness (QED) is 0.397. The van der Waals surface area contributed by atoms with Crippen LogP contribution in [0.5, 0.6) is 0 Å². The summed E-state index contributed by atoms with van der Waals surface area (Å²) >= 11 is 0. The smallest absolute Gasteiger partial charge is 0.407 e. The number of rotatable bonds is 10. The summed E-state index contributed by atoms with van der Waals surface area (Å²) in [5.74, 6) is -2.31. The zero-order valence-corrected chi connectivity index (χ0v) is 18.3. The first-order valence-corrected chi connectivity index (χ1v) is 9.71. The number of nitrogens with one attached hydrogen (secondary N) is 3. The van der Waals surface area contributed by atoms with Crippen LogP contribution in [0.1, 0.15) is 54.9 Å². The van der Waals surface area contributed by atoms with Gasteiger partial charge in [0.05, 0.1) is 6.54 Å². The lowest BCUT2D eigenvalue weighted by Crippen LogP contribution is -2.55. The summed E-state index contributed by atoms with van der Waals surface area (Å²) in [5, 5.41) is 16.6. The third-order valence-corrected chi connectivity index (χ3v) is 4.00. The van der Waals surface area contributed by atoms with E-state index in [0.717, 1.165) is 0 Å². The Balaban J connectivity index is 4.67. The van der Waals surface area contributed by atoms with Crippen LogP contribution in [0.15, 0.2) is 0 Å². The van der Waals surface area contributed by atoms with Crippen molar-refractivity contribution < 1.29 is 33.8 Å². The van der Waals surface area contributed by atoms with E-state index in [1.165, 1.54) is 0 Å². The van der Waals surface area contributed by atoms with Crippen LogP contribution in [0.25, 0.3) is 0 Å². The van der Waals surface area contributed by atoms with Gasteiger partial charge in [0.2, 0.25) is 5.91 Å². The van der Waals surface area contributed by atoms with E-state index < -0.39 is 41.7 Å². The molecule has 29 heavy (non-hydrogen) atoms. The van der Waals surface area contributed by atoms with E-state index in [4.69, 9.17) is 9.47 Å². The van der Waals surface area contributed by atoms with Crippen LogP contribution in [0, 0.1) is 11.8 Å². The van der Waals surface area contributed by atoms with E-state index in [9.17, 15) is 24.3 Å². The highest BCUT2D eigenvalue weighted by atomic mass is 16.6. The van der Waals surface area contributed by atoms with Gasteiger partial charge >= 0.3 is 18.2 Å². The van der Waals surface area contributed by atoms with Crippen LogP contribution >= 0.6 is 0 Å².